The van der Waals surface area contributed by atoms with Crippen molar-refractivity contribution < 1.29 is 13.5 Å². The van der Waals surface area contributed by atoms with Gasteiger partial charge in [-0.15, -0.1) is 0 Å². The second-order valence-corrected chi connectivity index (χ2v) is 7.73. The van der Waals surface area contributed by atoms with Crippen molar-refractivity contribution in [2.45, 2.75) is 38.3 Å². The van der Waals surface area contributed by atoms with Crippen molar-refractivity contribution >= 4 is 10.0 Å². The van der Waals surface area contributed by atoms with Crippen molar-refractivity contribution in [3.05, 3.63) is 58.7 Å². The van der Waals surface area contributed by atoms with Gasteiger partial charge < -0.3 is 5.11 Å². The van der Waals surface area contributed by atoms with Gasteiger partial charge in [0.05, 0.1) is 4.90 Å². The summed E-state index contributed by atoms with van der Waals surface area (Å²) in [5.41, 5.74) is 3.37. The van der Waals surface area contributed by atoms with Gasteiger partial charge in [0.2, 0.25) is 10.0 Å². The third-order valence-corrected chi connectivity index (χ3v) is 6.27. The van der Waals surface area contributed by atoms with Crippen LogP contribution in [0.5, 0.6) is 5.75 Å². The van der Waals surface area contributed by atoms with E-state index in [1.807, 2.05) is 32.9 Å². The van der Waals surface area contributed by atoms with Gasteiger partial charge in [0, 0.05) is 18.2 Å². The van der Waals surface area contributed by atoms with Crippen molar-refractivity contribution in [3.8, 4) is 5.75 Å². The van der Waals surface area contributed by atoms with Gasteiger partial charge in [-0.25, -0.2) is 8.42 Å². The molecule has 1 aliphatic rings. The maximum atomic E-state index is 12.9. The minimum Gasteiger partial charge on any atom is -0.507 e. The molecule has 0 aromatic heterocycles. The Morgan fingerprint density at radius 1 is 1.09 bits per heavy atom. The lowest BCUT2D eigenvalue weighted by Crippen LogP contribution is -2.28. The SMILES string of the molecule is Cc1ccc(S(=O)(=O)N2Cc3c(ccc(C)c3O)C2C)cc1. The molecule has 3 rings (SSSR count). The van der Waals surface area contributed by atoms with Crippen LogP contribution in [-0.4, -0.2) is 17.8 Å². The molecule has 1 heterocycles. The van der Waals surface area contributed by atoms with Crippen LogP contribution in [0.4, 0.5) is 0 Å². The molecule has 1 atom stereocenters. The summed E-state index contributed by atoms with van der Waals surface area (Å²) in [6.45, 7) is 5.80. The smallest absolute Gasteiger partial charge is 0.243 e. The van der Waals surface area contributed by atoms with E-state index in [9.17, 15) is 13.5 Å². The summed E-state index contributed by atoms with van der Waals surface area (Å²) in [7, 11) is -3.58. The van der Waals surface area contributed by atoms with Crippen molar-refractivity contribution in [1.82, 2.24) is 4.31 Å². The van der Waals surface area contributed by atoms with Gasteiger partial charge in [-0.1, -0.05) is 29.8 Å². The normalized spacial score (nSPS) is 18.4. The van der Waals surface area contributed by atoms with Gasteiger partial charge in [0.15, 0.2) is 0 Å². The van der Waals surface area contributed by atoms with E-state index in [4.69, 9.17) is 0 Å². The minimum atomic E-state index is -3.58. The third-order valence-electron chi connectivity index (χ3n) is 4.34. The number of hydrogen-bond acceptors (Lipinski definition) is 3. The maximum Gasteiger partial charge on any atom is 0.243 e. The Kier molecular flexibility index (Phi) is 3.50. The van der Waals surface area contributed by atoms with E-state index in [-0.39, 0.29) is 23.2 Å². The fourth-order valence-corrected chi connectivity index (χ4v) is 4.49. The molecule has 1 unspecified atom stereocenters. The van der Waals surface area contributed by atoms with Gasteiger partial charge in [0.25, 0.3) is 0 Å². The number of sulfonamides is 1. The number of rotatable bonds is 2. The van der Waals surface area contributed by atoms with Crippen molar-refractivity contribution in [1.29, 1.82) is 0 Å². The lowest BCUT2D eigenvalue weighted by atomic mass is 10.0. The van der Waals surface area contributed by atoms with Crippen molar-refractivity contribution in [2.75, 3.05) is 0 Å². The Morgan fingerprint density at radius 2 is 1.73 bits per heavy atom. The van der Waals surface area contributed by atoms with Gasteiger partial charge in [-0.05, 0) is 44.0 Å². The standard InChI is InChI=1S/C17H19NO3S/c1-11-4-7-14(8-5-11)22(20,21)18-10-16-15(13(18)3)9-6-12(2)17(16)19/h4-9,13,19H,10H2,1-3H3. The maximum absolute atomic E-state index is 12.9. The Bertz CT molecular complexity index is 826. The molecule has 0 saturated heterocycles. The number of phenolic OH excluding ortho intramolecular Hbond substituents is 1. The first-order valence-electron chi connectivity index (χ1n) is 7.22. The van der Waals surface area contributed by atoms with Gasteiger partial charge >= 0.3 is 0 Å². The molecule has 116 valence electrons. The van der Waals surface area contributed by atoms with Gasteiger partial charge in [0.1, 0.15) is 5.75 Å². The molecule has 0 spiro atoms. The molecule has 2 aromatic rings. The quantitative estimate of drug-likeness (QED) is 0.925. The van der Waals surface area contributed by atoms with E-state index < -0.39 is 10.0 Å². The number of nitrogens with zero attached hydrogens (tertiary/aromatic N) is 1. The Hall–Kier alpha value is -1.85. The number of benzene rings is 2. The molecule has 0 bridgehead atoms. The number of aromatic hydroxyl groups is 1. The fourth-order valence-electron chi connectivity index (χ4n) is 2.91. The highest BCUT2D eigenvalue weighted by molar-refractivity contribution is 7.89. The summed E-state index contributed by atoms with van der Waals surface area (Å²) in [5.74, 6) is 0.200. The summed E-state index contributed by atoms with van der Waals surface area (Å²) in [4.78, 5) is 0.286. The van der Waals surface area contributed by atoms with E-state index in [0.29, 0.717) is 5.56 Å². The van der Waals surface area contributed by atoms with E-state index in [0.717, 1.165) is 16.7 Å². The van der Waals surface area contributed by atoms with Crippen LogP contribution >= 0.6 is 0 Å². The largest absolute Gasteiger partial charge is 0.507 e. The number of aryl methyl sites for hydroxylation is 2. The Morgan fingerprint density at radius 3 is 2.36 bits per heavy atom. The van der Waals surface area contributed by atoms with E-state index >= 15 is 0 Å². The number of hydrogen-bond donors (Lipinski definition) is 1. The third kappa shape index (κ3) is 2.21. The van der Waals surface area contributed by atoms with Crippen LogP contribution in [0.25, 0.3) is 0 Å². The molecule has 4 nitrogen and oxygen atoms in total. The van der Waals surface area contributed by atoms with Crippen LogP contribution in [0.15, 0.2) is 41.3 Å². The molecule has 5 heteroatoms. The zero-order valence-corrected chi connectivity index (χ0v) is 13.7. The van der Waals surface area contributed by atoms with Crippen molar-refractivity contribution in [3.63, 3.8) is 0 Å². The number of phenols is 1. The molecule has 22 heavy (non-hydrogen) atoms. The first-order valence-corrected chi connectivity index (χ1v) is 8.66. The second-order valence-electron chi connectivity index (χ2n) is 5.84. The van der Waals surface area contributed by atoms with E-state index in [1.54, 1.807) is 24.3 Å². The highest BCUT2D eigenvalue weighted by atomic mass is 32.2. The number of fused-ring (bicyclic) bond motifs is 1. The lowest BCUT2D eigenvalue weighted by molar-refractivity contribution is 0.367. The highest BCUT2D eigenvalue weighted by Gasteiger charge is 2.37. The van der Waals surface area contributed by atoms with Crippen molar-refractivity contribution in [2.24, 2.45) is 0 Å². The highest BCUT2D eigenvalue weighted by Crippen LogP contribution is 2.42. The molecule has 1 N–H and O–H groups in total. The molecule has 0 fully saturated rings. The summed E-state index contributed by atoms with van der Waals surface area (Å²) in [5, 5.41) is 10.2. The average molecular weight is 317 g/mol. The lowest BCUT2D eigenvalue weighted by Gasteiger charge is -2.21. The molecule has 0 saturated carbocycles. The predicted molar refractivity (Wildman–Crippen MR) is 85.2 cm³/mol. The minimum absolute atomic E-state index is 0.200. The molecule has 0 aliphatic carbocycles. The zero-order chi connectivity index (χ0) is 16.1. The predicted octanol–water partition coefficient (Wildman–Crippen LogP) is 3.27. The topological polar surface area (TPSA) is 57.6 Å². The zero-order valence-electron chi connectivity index (χ0n) is 12.9. The van der Waals surface area contributed by atoms with Crippen LogP contribution in [0.3, 0.4) is 0 Å². The monoisotopic (exact) mass is 317 g/mol. The van der Waals surface area contributed by atoms with Gasteiger partial charge in [-0.2, -0.15) is 4.31 Å². The van der Waals surface area contributed by atoms with Crippen LogP contribution in [0.1, 0.15) is 35.2 Å². The first-order chi connectivity index (χ1) is 10.3. The van der Waals surface area contributed by atoms with E-state index in [2.05, 4.69) is 0 Å². The molecule has 0 radical (unpaired) electrons. The molecule has 2 aromatic carbocycles. The fraction of sp³-hybridized carbons (Fsp3) is 0.294. The summed E-state index contributed by atoms with van der Waals surface area (Å²) >= 11 is 0. The van der Waals surface area contributed by atoms with Crippen LogP contribution < -0.4 is 0 Å². The van der Waals surface area contributed by atoms with E-state index in [1.165, 1.54) is 4.31 Å². The van der Waals surface area contributed by atoms with Crippen LogP contribution in [0, 0.1) is 13.8 Å². The summed E-state index contributed by atoms with van der Waals surface area (Å²) in [6, 6.07) is 10.3. The molecular weight excluding hydrogens is 298 g/mol. The molecule has 0 amide bonds. The summed E-state index contributed by atoms with van der Waals surface area (Å²) < 4.78 is 27.2. The first kappa shape index (κ1) is 15.1. The molecular formula is C17H19NO3S. The average Bonchev–Trinajstić information content (AvgIpc) is 2.82. The van der Waals surface area contributed by atoms with Gasteiger partial charge in [-0.3, -0.25) is 0 Å². The summed E-state index contributed by atoms with van der Waals surface area (Å²) in [6.07, 6.45) is 0. The second kappa shape index (κ2) is 5.11. The van der Waals surface area contributed by atoms with Crippen LogP contribution in [0.2, 0.25) is 0 Å². The Labute approximate surface area is 131 Å². The Balaban J connectivity index is 2.04. The van der Waals surface area contributed by atoms with Crippen LogP contribution in [-0.2, 0) is 16.6 Å². The molecule has 1 aliphatic heterocycles.